The third-order valence-electron chi connectivity index (χ3n) is 2.71. The SMILES string of the molecule is COCc1nnc(NC(=O)Cn2c(=O)oc3cccnc32)s1. The highest BCUT2D eigenvalue weighted by atomic mass is 32.1. The summed E-state index contributed by atoms with van der Waals surface area (Å²) in [6, 6.07) is 3.26. The van der Waals surface area contributed by atoms with Crippen LogP contribution in [0.4, 0.5) is 5.13 Å². The van der Waals surface area contributed by atoms with E-state index in [-0.39, 0.29) is 6.54 Å². The number of pyridine rings is 1. The van der Waals surface area contributed by atoms with E-state index in [1.54, 1.807) is 19.2 Å². The van der Waals surface area contributed by atoms with Crippen LogP contribution in [0.3, 0.4) is 0 Å². The summed E-state index contributed by atoms with van der Waals surface area (Å²) in [4.78, 5) is 27.8. The molecule has 9 nitrogen and oxygen atoms in total. The van der Waals surface area contributed by atoms with E-state index in [0.717, 1.165) is 4.57 Å². The Bertz CT molecular complexity index is 868. The van der Waals surface area contributed by atoms with E-state index in [9.17, 15) is 9.59 Å². The number of carbonyl (C=O) groups excluding carboxylic acids is 1. The van der Waals surface area contributed by atoms with Crippen LogP contribution >= 0.6 is 11.3 Å². The Labute approximate surface area is 127 Å². The zero-order chi connectivity index (χ0) is 15.5. The van der Waals surface area contributed by atoms with Crippen molar-refractivity contribution in [3.8, 4) is 0 Å². The van der Waals surface area contributed by atoms with Crippen LogP contribution in [-0.2, 0) is 22.7 Å². The first-order valence-electron chi connectivity index (χ1n) is 6.23. The molecule has 0 saturated carbocycles. The van der Waals surface area contributed by atoms with Crippen molar-refractivity contribution in [2.75, 3.05) is 12.4 Å². The first-order chi connectivity index (χ1) is 10.7. The molecule has 0 radical (unpaired) electrons. The van der Waals surface area contributed by atoms with Crippen molar-refractivity contribution in [2.45, 2.75) is 13.2 Å². The molecule has 0 fully saturated rings. The van der Waals surface area contributed by atoms with Crippen LogP contribution < -0.4 is 11.1 Å². The Morgan fingerprint density at radius 2 is 2.36 bits per heavy atom. The first kappa shape index (κ1) is 14.4. The molecule has 1 amide bonds. The summed E-state index contributed by atoms with van der Waals surface area (Å²) < 4.78 is 11.1. The van der Waals surface area contributed by atoms with Gasteiger partial charge in [-0.15, -0.1) is 10.2 Å². The summed E-state index contributed by atoms with van der Waals surface area (Å²) >= 11 is 1.20. The zero-order valence-electron chi connectivity index (χ0n) is 11.5. The maximum Gasteiger partial charge on any atom is 0.421 e. The Morgan fingerprint density at radius 1 is 1.50 bits per heavy atom. The molecule has 0 aliphatic heterocycles. The van der Waals surface area contributed by atoms with Crippen molar-refractivity contribution in [3.05, 3.63) is 33.9 Å². The molecule has 0 aliphatic rings. The van der Waals surface area contributed by atoms with Crippen LogP contribution in [-0.4, -0.2) is 32.8 Å². The van der Waals surface area contributed by atoms with Gasteiger partial charge in [0.2, 0.25) is 11.0 Å². The van der Waals surface area contributed by atoms with Crippen LogP contribution in [0, 0.1) is 0 Å². The predicted octanol–water partition coefficient (Wildman–Crippen LogP) is 0.626. The number of hydrogen-bond acceptors (Lipinski definition) is 8. The fourth-order valence-corrected chi connectivity index (χ4v) is 2.56. The molecule has 0 atom stereocenters. The van der Waals surface area contributed by atoms with E-state index >= 15 is 0 Å². The first-order valence-corrected chi connectivity index (χ1v) is 7.04. The molecule has 0 saturated heterocycles. The van der Waals surface area contributed by atoms with Crippen LogP contribution in [0.25, 0.3) is 11.2 Å². The maximum atomic E-state index is 12.0. The maximum absolute atomic E-state index is 12.0. The van der Waals surface area contributed by atoms with Gasteiger partial charge in [0.1, 0.15) is 18.2 Å². The number of anilines is 1. The number of methoxy groups -OCH3 is 1. The van der Waals surface area contributed by atoms with Gasteiger partial charge in [-0.3, -0.25) is 10.1 Å². The van der Waals surface area contributed by atoms with Crippen LogP contribution in [0.1, 0.15) is 5.01 Å². The zero-order valence-corrected chi connectivity index (χ0v) is 12.3. The highest BCUT2D eigenvalue weighted by Crippen LogP contribution is 2.16. The Morgan fingerprint density at radius 3 is 3.18 bits per heavy atom. The normalized spacial score (nSPS) is 11.0. The molecule has 1 N–H and O–H groups in total. The molecule has 22 heavy (non-hydrogen) atoms. The quantitative estimate of drug-likeness (QED) is 0.733. The largest absolute Gasteiger partial charge is 0.421 e. The van der Waals surface area contributed by atoms with E-state index in [0.29, 0.717) is 28.0 Å². The minimum Gasteiger partial charge on any atom is -0.406 e. The molecule has 3 rings (SSSR count). The smallest absolute Gasteiger partial charge is 0.406 e. The summed E-state index contributed by atoms with van der Waals surface area (Å²) in [6.07, 6.45) is 1.52. The van der Waals surface area contributed by atoms with Gasteiger partial charge in [0.05, 0.1) is 0 Å². The lowest BCUT2D eigenvalue weighted by molar-refractivity contribution is -0.116. The second-order valence-corrected chi connectivity index (χ2v) is 5.32. The summed E-state index contributed by atoms with van der Waals surface area (Å²) in [5, 5.41) is 11.2. The number of hydrogen-bond donors (Lipinski definition) is 1. The number of amides is 1. The third-order valence-corrected chi connectivity index (χ3v) is 3.52. The number of aromatic nitrogens is 4. The number of nitrogens with one attached hydrogen (secondary N) is 1. The van der Waals surface area contributed by atoms with Gasteiger partial charge in [0, 0.05) is 13.3 Å². The van der Waals surface area contributed by atoms with Crippen LogP contribution in [0.2, 0.25) is 0 Å². The molecule has 0 bridgehead atoms. The van der Waals surface area contributed by atoms with E-state index in [4.69, 9.17) is 9.15 Å². The topological polar surface area (TPSA) is 112 Å². The number of ether oxygens (including phenoxy) is 1. The van der Waals surface area contributed by atoms with Crippen molar-refractivity contribution in [1.82, 2.24) is 19.7 Å². The van der Waals surface area contributed by atoms with Gasteiger partial charge in [0.25, 0.3) is 0 Å². The van der Waals surface area contributed by atoms with E-state index in [1.165, 1.54) is 17.5 Å². The molecular formula is C12H11N5O4S. The highest BCUT2D eigenvalue weighted by molar-refractivity contribution is 7.15. The average molecular weight is 321 g/mol. The van der Waals surface area contributed by atoms with Crippen molar-refractivity contribution >= 4 is 33.6 Å². The third kappa shape index (κ3) is 2.87. The lowest BCUT2D eigenvalue weighted by atomic mass is 10.4. The van der Waals surface area contributed by atoms with Crippen molar-refractivity contribution in [3.63, 3.8) is 0 Å². The van der Waals surface area contributed by atoms with Crippen molar-refractivity contribution < 1.29 is 13.9 Å². The lowest BCUT2D eigenvalue weighted by Gasteiger charge is -2.01. The summed E-state index contributed by atoms with van der Waals surface area (Å²) in [5.41, 5.74) is 0.651. The molecule has 0 unspecified atom stereocenters. The van der Waals surface area contributed by atoms with E-state index in [2.05, 4.69) is 20.5 Å². The molecule has 0 spiro atoms. The molecular weight excluding hydrogens is 310 g/mol. The number of oxazole rings is 1. The predicted molar refractivity (Wildman–Crippen MR) is 77.5 cm³/mol. The lowest BCUT2D eigenvalue weighted by Crippen LogP contribution is -2.25. The van der Waals surface area contributed by atoms with Gasteiger partial charge >= 0.3 is 5.76 Å². The summed E-state index contributed by atoms with van der Waals surface area (Å²) in [7, 11) is 1.54. The second-order valence-electron chi connectivity index (χ2n) is 4.26. The minimum atomic E-state index is -0.638. The fourth-order valence-electron chi connectivity index (χ4n) is 1.83. The molecule has 3 heterocycles. The number of carbonyl (C=O) groups is 1. The van der Waals surface area contributed by atoms with Crippen LogP contribution in [0.15, 0.2) is 27.5 Å². The molecule has 3 aromatic rings. The second kappa shape index (κ2) is 6.03. The Hall–Kier alpha value is -2.59. The van der Waals surface area contributed by atoms with Gasteiger partial charge in [-0.1, -0.05) is 11.3 Å². The fraction of sp³-hybridized carbons (Fsp3) is 0.250. The Kier molecular flexibility index (Phi) is 3.94. The van der Waals surface area contributed by atoms with Gasteiger partial charge in [-0.25, -0.2) is 14.3 Å². The molecule has 3 aromatic heterocycles. The molecule has 10 heteroatoms. The summed E-state index contributed by atoms with van der Waals surface area (Å²) in [6.45, 7) is 0.103. The van der Waals surface area contributed by atoms with Gasteiger partial charge in [-0.05, 0) is 12.1 Å². The molecule has 0 aliphatic carbocycles. The molecule has 0 aromatic carbocycles. The molecule has 114 valence electrons. The standard InChI is InChI=1S/C12H11N5O4S/c1-20-6-9-15-16-11(22-9)14-8(18)5-17-10-7(21-12(17)19)3-2-4-13-10/h2-4H,5-6H2,1H3,(H,14,16,18). The number of fused-ring (bicyclic) bond motifs is 1. The van der Waals surface area contributed by atoms with Gasteiger partial charge in [-0.2, -0.15) is 0 Å². The average Bonchev–Trinajstić information content (AvgIpc) is 3.05. The van der Waals surface area contributed by atoms with E-state index < -0.39 is 11.7 Å². The monoisotopic (exact) mass is 321 g/mol. The summed E-state index contributed by atoms with van der Waals surface area (Å²) in [5.74, 6) is -1.06. The van der Waals surface area contributed by atoms with Crippen molar-refractivity contribution in [2.24, 2.45) is 0 Å². The van der Waals surface area contributed by atoms with Gasteiger partial charge < -0.3 is 9.15 Å². The van der Waals surface area contributed by atoms with E-state index in [1.807, 2.05) is 0 Å². The Balaban J connectivity index is 1.75. The highest BCUT2D eigenvalue weighted by Gasteiger charge is 2.14. The number of nitrogens with zero attached hydrogens (tertiary/aromatic N) is 4. The van der Waals surface area contributed by atoms with Crippen LogP contribution in [0.5, 0.6) is 0 Å². The van der Waals surface area contributed by atoms with Gasteiger partial charge in [0.15, 0.2) is 11.2 Å². The minimum absolute atomic E-state index is 0.220. The number of rotatable bonds is 5. The van der Waals surface area contributed by atoms with Crippen molar-refractivity contribution in [1.29, 1.82) is 0 Å².